The Balaban J connectivity index is 2.89. The first kappa shape index (κ1) is 8.64. The van der Waals surface area contributed by atoms with E-state index in [4.69, 9.17) is 0 Å². The van der Waals surface area contributed by atoms with Gasteiger partial charge in [0.1, 0.15) is 5.69 Å². The molecule has 0 saturated heterocycles. The fourth-order valence-electron chi connectivity index (χ4n) is 0.689. The maximum absolute atomic E-state index is 12.4. The van der Waals surface area contributed by atoms with E-state index in [0.29, 0.717) is 6.54 Å². The van der Waals surface area contributed by atoms with Gasteiger partial charge in [-0.1, -0.05) is 0 Å². The third-order valence-corrected chi connectivity index (χ3v) is 1.66. The molecular formula is C6H7BrF2N2. The maximum Gasteiger partial charge on any atom is 0.344 e. The van der Waals surface area contributed by atoms with E-state index in [2.05, 4.69) is 21.0 Å². The first-order valence-corrected chi connectivity index (χ1v) is 3.94. The van der Waals surface area contributed by atoms with Crippen LogP contribution in [0.5, 0.6) is 0 Å². The molecule has 0 aliphatic rings. The van der Waals surface area contributed by atoms with Crippen molar-refractivity contribution in [3.63, 3.8) is 0 Å². The summed E-state index contributed by atoms with van der Waals surface area (Å²) < 4.78 is 26.3. The van der Waals surface area contributed by atoms with Gasteiger partial charge >= 0.3 is 4.83 Å². The summed E-state index contributed by atoms with van der Waals surface area (Å²) in [7, 11) is 0. The van der Waals surface area contributed by atoms with Crippen LogP contribution < -0.4 is 0 Å². The summed E-state index contributed by atoms with van der Waals surface area (Å²) in [5, 5.41) is 3.62. The van der Waals surface area contributed by atoms with Crippen molar-refractivity contribution in [3.8, 4) is 0 Å². The normalized spacial score (nSPS) is 12.0. The van der Waals surface area contributed by atoms with Crippen molar-refractivity contribution in [2.24, 2.45) is 0 Å². The molecule has 62 valence electrons. The molecule has 0 bridgehead atoms. The Morgan fingerprint density at radius 3 is 2.64 bits per heavy atom. The number of aryl methyl sites for hydroxylation is 1. The average Bonchev–Trinajstić information content (AvgIpc) is 2.32. The van der Waals surface area contributed by atoms with Crippen LogP contribution in [0.25, 0.3) is 0 Å². The SMILES string of the molecule is CCn1ccc(C(F)(F)Br)n1. The van der Waals surface area contributed by atoms with E-state index >= 15 is 0 Å². The Hall–Kier alpha value is -0.450. The van der Waals surface area contributed by atoms with E-state index in [1.54, 1.807) is 0 Å². The molecule has 0 spiro atoms. The van der Waals surface area contributed by atoms with Gasteiger partial charge in [0.05, 0.1) is 0 Å². The summed E-state index contributed by atoms with van der Waals surface area (Å²) in [6.07, 6.45) is 1.52. The van der Waals surface area contributed by atoms with E-state index in [0.717, 1.165) is 0 Å². The van der Waals surface area contributed by atoms with Gasteiger partial charge in [-0.15, -0.1) is 0 Å². The Morgan fingerprint density at radius 1 is 1.73 bits per heavy atom. The van der Waals surface area contributed by atoms with Crippen LogP contribution in [0.15, 0.2) is 12.3 Å². The molecule has 0 aliphatic carbocycles. The molecule has 0 fully saturated rings. The van der Waals surface area contributed by atoms with Crippen LogP contribution in [0.2, 0.25) is 0 Å². The summed E-state index contributed by atoms with van der Waals surface area (Å²) in [6, 6.07) is 1.29. The van der Waals surface area contributed by atoms with E-state index < -0.39 is 4.83 Å². The molecule has 1 heterocycles. The Kier molecular flexibility index (Phi) is 2.27. The highest BCUT2D eigenvalue weighted by molar-refractivity contribution is 9.09. The van der Waals surface area contributed by atoms with Crippen molar-refractivity contribution < 1.29 is 8.78 Å². The fourth-order valence-corrected chi connectivity index (χ4v) is 0.900. The van der Waals surface area contributed by atoms with Gasteiger partial charge in [-0.05, 0) is 28.9 Å². The third-order valence-electron chi connectivity index (χ3n) is 1.26. The molecule has 1 aromatic heterocycles. The molecule has 1 rings (SSSR count). The van der Waals surface area contributed by atoms with Gasteiger partial charge in [0.2, 0.25) is 0 Å². The molecule has 0 radical (unpaired) electrons. The summed E-state index contributed by atoms with van der Waals surface area (Å²) in [4.78, 5) is -3.01. The fraction of sp³-hybridized carbons (Fsp3) is 0.500. The van der Waals surface area contributed by atoms with Crippen LogP contribution >= 0.6 is 15.9 Å². The summed E-state index contributed by atoms with van der Waals surface area (Å²) in [5.74, 6) is 0. The highest BCUT2D eigenvalue weighted by atomic mass is 79.9. The Labute approximate surface area is 71.3 Å². The van der Waals surface area contributed by atoms with Crippen molar-refractivity contribution in [2.75, 3.05) is 0 Å². The Morgan fingerprint density at radius 2 is 2.36 bits per heavy atom. The van der Waals surface area contributed by atoms with Gasteiger partial charge in [-0.2, -0.15) is 13.9 Å². The second-order valence-electron chi connectivity index (χ2n) is 2.05. The number of alkyl halides is 3. The van der Waals surface area contributed by atoms with Crippen molar-refractivity contribution in [1.82, 2.24) is 9.78 Å². The molecule has 0 aromatic carbocycles. The second kappa shape index (κ2) is 2.89. The van der Waals surface area contributed by atoms with Gasteiger partial charge < -0.3 is 0 Å². The molecule has 0 saturated carbocycles. The van der Waals surface area contributed by atoms with Crippen LogP contribution in [-0.2, 0) is 11.4 Å². The molecule has 0 N–H and O–H groups in total. The van der Waals surface area contributed by atoms with Crippen LogP contribution in [0, 0.1) is 0 Å². The third kappa shape index (κ3) is 1.99. The van der Waals surface area contributed by atoms with Gasteiger partial charge in [0.15, 0.2) is 0 Å². The van der Waals surface area contributed by atoms with E-state index in [9.17, 15) is 8.78 Å². The predicted octanol–water partition coefficient (Wildman–Crippen LogP) is 2.35. The molecular weight excluding hydrogens is 218 g/mol. The number of aromatic nitrogens is 2. The Bertz CT molecular complexity index is 241. The molecule has 2 nitrogen and oxygen atoms in total. The van der Waals surface area contributed by atoms with Crippen LogP contribution in [0.1, 0.15) is 12.6 Å². The van der Waals surface area contributed by atoms with Gasteiger partial charge in [-0.25, -0.2) is 0 Å². The number of nitrogens with zero attached hydrogens (tertiary/aromatic N) is 2. The van der Waals surface area contributed by atoms with Gasteiger partial charge in [-0.3, -0.25) is 4.68 Å². The molecule has 11 heavy (non-hydrogen) atoms. The first-order valence-electron chi connectivity index (χ1n) is 3.14. The molecule has 0 aliphatic heterocycles. The minimum atomic E-state index is -3.01. The van der Waals surface area contributed by atoms with Crippen LogP contribution in [-0.4, -0.2) is 9.78 Å². The lowest BCUT2D eigenvalue weighted by Crippen LogP contribution is -2.05. The van der Waals surface area contributed by atoms with Gasteiger partial charge in [0.25, 0.3) is 0 Å². The molecule has 0 atom stereocenters. The zero-order valence-electron chi connectivity index (χ0n) is 5.89. The largest absolute Gasteiger partial charge is 0.344 e. The monoisotopic (exact) mass is 224 g/mol. The number of halogens is 3. The lowest BCUT2D eigenvalue weighted by Gasteiger charge is -2.02. The van der Waals surface area contributed by atoms with Crippen molar-refractivity contribution >= 4 is 15.9 Å². The first-order chi connectivity index (χ1) is 5.04. The molecule has 1 aromatic rings. The molecule has 0 unspecified atom stereocenters. The minimum Gasteiger partial charge on any atom is -0.273 e. The lowest BCUT2D eigenvalue weighted by atomic mass is 10.5. The zero-order chi connectivity index (χ0) is 8.48. The van der Waals surface area contributed by atoms with Crippen molar-refractivity contribution in [1.29, 1.82) is 0 Å². The minimum absolute atomic E-state index is 0.251. The summed E-state index contributed by atoms with van der Waals surface area (Å²) in [6.45, 7) is 2.44. The topological polar surface area (TPSA) is 17.8 Å². The summed E-state index contributed by atoms with van der Waals surface area (Å²) in [5.41, 5.74) is -0.251. The smallest absolute Gasteiger partial charge is 0.273 e. The van der Waals surface area contributed by atoms with Crippen LogP contribution in [0.4, 0.5) is 8.78 Å². The quantitative estimate of drug-likeness (QED) is 0.706. The van der Waals surface area contributed by atoms with E-state index in [-0.39, 0.29) is 5.69 Å². The maximum atomic E-state index is 12.4. The highest BCUT2D eigenvalue weighted by Crippen LogP contribution is 2.32. The molecule has 0 amide bonds. The summed E-state index contributed by atoms with van der Waals surface area (Å²) >= 11 is 2.22. The highest BCUT2D eigenvalue weighted by Gasteiger charge is 2.29. The zero-order valence-corrected chi connectivity index (χ0v) is 7.48. The van der Waals surface area contributed by atoms with Crippen molar-refractivity contribution in [2.45, 2.75) is 18.3 Å². The molecule has 5 heteroatoms. The van der Waals surface area contributed by atoms with E-state index in [1.807, 2.05) is 6.92 Å². The average molecular weight is 225 g/mol. The predicted molar refractivity (Wildman–Crippen MR) is 40.7 cm³/mol. The van der Waals surface area contributed by atoms with Gasteiger partial charge in [0, 0.05) is 12.7 Å². The van der Waals surface area contributed by atoms with Crippen LogP contribution in [0.3, 0.4) is 0 Å². The number of hydrogen-bond acceptors (Lipinski definition) is 1. The van der Waals surface area contributed by atoms with Crippen molar-refractivity contribution in [3.05, 3.63) is 18.0 Å². The second-order valence-corrected chi connectivity index (χ2v) is 3.05. The lowest BCUT2D eigenvalue weighted by molar-refractivity contribution is 0.108. The standard InChI is InChI=1S/C6H7BrF2N2/c1-2-11-4-3-5(10-11)6(7,8)9/h3-4H,2H2,1H3. The number of rotatable bonds is 2. The number of hydrogen-bond donors (Lipinski definition) is 0. The van der Waals surface area contributed by atoms with E-state index in [1.165, 1.54) is 16.9 Å².